The van der Waals surface area contributed by atoms with Gasteiger partial charge in [0.2, 0.25) is 9.79 Å². The molecule has 1 aliphatic rings. The Kier molecular flexibility index (Phi) is 5.61. The first-order valence-corrected chi connectivity index (χ1v) is 12.8. The van der Waals surface area contributed by atoms with E-state index >= 15 is 0 Å². The molecular formula is C19H13F3NO6S3+. The van der Waals surface area contributed by atoms with Crippen LogP contribution >= 0.6 is 0 Å². The van der Waals surface area contributed by atoms with Gasteiger partial charge < -0.3 is 8.92 Å². The van der Waals surface area contributed by atoms with Crippen LogP contribution in [-0.2, 0) is 31.2 Å². The first kappa shape index (κ1) is 22.5. The van der Waals surface area contributed by atoms with Crippen LogP contribution in [0.1, 0.15) is 0 Å². The largest absolute Gasteiger partial charge is 0.512 e. The summed E-state index contributed by atoms with van der Waals surface area (Å²) in [5.74, 6) is 0.968. The highest BCUT2D eigenvalue weighted by molar-refractivity contribution is 8.03. The minimum Gasteiger partial charge on any atom is -0.447 e. The highest BCUT2D eigenvalue weighted by Crippen LogP contribution is 2.46. The fourth-order valence-corrected chi connectivity index (χ4v) is 7.01. The van der Waals surface area contributed by atoms with Crippen LogP contribution in [0.15, 0.2) is 87.5 Å². The summed E-state index contributed by atoms with van der Waals surface area (Å²) in [5.41, 5.74) is -5.81. The molecule has 3 aromatic rings. The van der Waals surface area contributed by atoms with Crippen molar-refractivity contribution in [3.63, 3.8) is 0 Å². The van der Waals surface area contributed by atoms with Crippen molar-refractivity contribution >= 4 is 31.2 Å². The maximum absolute atomic E-state index is 12.4. The Morgan fingerprint density at radius 2 is 1.28 bits per heavy atom. The van der Waals surface area contributed by atoms with Crippen molar-refractivity contribution in [1.82, 2.24) is 4.13 Å². The smallest absolute Gasteiger partial charge is 0.447 e. The van der Waals surface area contributed by atoms with Gasteiger partial charge in [0.25, 0.3) is 0 Å². The Labute approximate surface area is 184 Å². The number of sulfonamides is 1. The quantitative estimate of drug-likeness (QED) is 0.414. The molecule has 0 spiro atoms. The van der Waals surface area contributed by atoms with Gasteiger partial charge >= 0.3 is 25.8 Å². The number of hydrogen-bond donors (Lipinski definition) is 1. The molecule has 0 saturated carbocycles. The van der Waals surface area contributed by atoms with Crippen LogP contribution in [0, 0.1) is 0 Å². The molecule has 0 aliphatic carbocycles. The average Bonchev–Trinajstić information content (AvgIpc) is 2.71. The Morgan fingerprint density at radius 3 is 1.78 bits per heavy atom. The van der Waals surface area contributed by atoms with Crippen molar-refractivity contribution in [2.24, 2.45) is 0 Å². The van der Waals surface area contributed by atoms with E-state index in [-0.39, 0.29) is 5.75 Å². The Morgan fingerprint density at radius 1 is 0.781 bits per heavy atom. The van der Waals surface area contributed by atoms with Crippen LogP contribution in [0.3, 0.4) is 0 Å². The highest BCUT2D eigenvalue weighted by Gasteiger charge is 2.49. The van der Waals surface area contributed by atoms with E-state index in [1.165, 1.54) is 12.1 Å². The molecule has 4 rings (SSSR count). The van der Waals surface area contributed by atoms with Gasteiger partial charge in [-0.1, -0.05) is 28.4 Å². The zero-order chi connectivity index (χ0) is 23.1. The molecule has 1 N–H and O–H groups in total. The fourth-order valence-electron chi connectivity index (χ4n) is 2.85. The van der Waals surface area contributed by atoms with Crippen LogP contribution in [0.2, 0.25) is 0 Å². The van der Waals surface area contributed by atoms with Gasteiger partial charge in [-0.2, -0.15) is 21.6 Å². The lowest BCUT2D eigenvalue weighted by atomic mass is 10.3. The molecule has 168 valence electrons. The topological polar surface area (TPSA) is 98.8 Å². The molecule has 0 atom stereocenters. The lowest BCUT2D eigenvalue weighted by molar-refractivity contribution is -0.0442. The van der Waals surface area contributed by atoms with E-state index in [4.69, 9.17) is 4.74 Å². The van der Waals surface area contributed by atoms with Crippen molar-refractivity contribution < 1.29 is 38.9 Å². The Hall–Kier alpha value is -2.74. The predicted molar refractivity (Wildman–Crippen MR) is 109 cm³/mol. The molecule has 0 radical (unpaired) electrons. The van der Waals surface area contributed by atoms with E-state index in [2.05, 4.69) is 4.18 Å². The lowest BCUT2D eigenvalue weighted by Gasteiger charge is -2.19. The summed E-state index contributed by atoms with van der Waals surface area (Å²) >= 11 is 0. The first-order chi connectivity index (χ1) is 15.0. The number of para-hydroxylation sites is 2. The Bertz CT molecular complexity index is 1330. The van der Waals surface area contributed by atoms with Crippen molar-refractivity contribution in [2.45, 2.75) is 20.2 Å². The van der Waals surface area contributed by atoms with Crippen LogP contribution in [0.5, 0.6) is 17.2 Å². The number of hydrogen-bond acceptors (Lipinski definition) is 6. The number of rotatable bonds is 5. The van der Waals surface area contributed by atoms with Gasteiger partial charge in [0.1, 0.15) is 16.6 Å². The first-order valence-electron chi connectivity index (χ1n) is 8.71. The van der Waals surface area contributed by atoms with Gasteiger partial charge in [0.15, 0.2) is 16.4 Å². The minimum absolute atomic E-state index is 0.364. The fraction of sp³-hybridized carbons (Fsp3) is 0.0526. The zero-order valence-corrected chi connectivity index (χ0v) is 18.2. The molecule has 13 heteroatoms. The molecule has 0 saturated heterocycles. The molecule has 0 amide bonds. The summed E-state index contributed by atoms with van der Waals surface area (Å²) in [6, 6.07) is 20.4. The number of halogens is 3. The van der Waals surface area contributed by atoms with E-state index in [0.717, 1.165) is 14.7 Å². The van der Waals surface area contributed by atoms with Crippen molar-refractivity contribution in [2.75, 3.05) is 0 Å². The minimum atomic E-state index is -6.14. The van der Waals surface area contributed by atoms with Crippen LogP contribution in [0.25, 0.3) is 0 Å². The van der Waals surface area contributed by atoms with Crippen molar-refractivity contribution in [1.29, 1.82) is 0 Å². The number of benzene rings is 3. The maximum atomic E-state index is 12.4. The Balaban J connectivity index is 1.63. The van der Waals surface area contributed by atoms with Gasteiger partial charge in [0.05, 0.1) is 0 Å². The van der Waals surface area contributed by atoms with Gasteiger partial charge in [-0.05, 0) is 48.5 Å². The van der Waals surface area contributed by atoms with Crippen molar-refractivity contribution in [3.05, 3.63) is 72.8 Å². The number of alkyl halides is 3. The zero-order valence-electron chi connectivity index (χ0n) is 15.7. The number of ether oxygens (including phenoxy) is 1. The normalized spacial score (nSPS) is 14.2. The number of fused-ring (bicyclic) bond motifs is 2. The summed E-state index contributed by atoms with van der Waals surface area (Å²) in [6.45, 7) is 0. The third-order valence-corrected chi connectivity index (χ3v) is 9.15. The van der Waals surface area contributed by atoms with E-state index in [1.807, 2.05) is 48.5 Å². The summed E-state index contributed by atoms with van der Waals surface area (Å²) < 4.78 is 93.8. The van der Waals surface area contributed by atoms with Crippen LogP contribution in [-0.4, -0.2) is 22.3 Å². The van der Waals surface area contributed by atoms with Crippen LogP contribution < -0.4 is 13.0 Å². The molecule has 0 bridgehead atoms. The molecular weight excluding hydrogens is 491 g/mol. The van der Waals surface area contributed by atoms with Crippen molar-refractivity contribution in [3.8, 4) is 17.2 Å². The third-order valence-electron chi connectivity index (χ3n) is 4.14. The SMILES string of the molecule is O=S(=O)(NS(=O)(=O)C(F)(F)F)Oc1ccc([S+]2c3ccccc3Oc3ccccc32)cc1. The van der Waals surface area contributed by atoms with E-state index < -0.39 is 36.7 Å². The molecule has 0 fully saturated rings. The van der Waals surface area contributed by atoms with Gasteiger partial charge in [-0.25, -0.2) is 8.42 Å². The lowest BCUT2D eigenvalue weighted by Crippen LogP contribution is -2.42. The highest BCUT2D eigenvalue weighted by atomic mass is 32.3. The molecule has 32 heavy (non-hydrogen) atoms. The second kappa shape index (κ2) is 7.99. The molecule has 1 aliphatic heterocycles. The maximum Gasteiger partial charge on any atom is 0.512 e. The number of nitrogens with one attached hydrogen (secondary N) is 1. The summed E-state index contributed by atoms with van der Waals surface area (Å²) in [7, 11) is -12.0. The molecule has 7 nitrogen and oxygen atoms in total. The molecule has 0 unspecified atom stereocenters. The molecule has 0 aromatic heterocycles. The molecule has 3 aromatic carbocycles. The van der Waals surface area contributed by atoms with E-state index in [0.29, 0.717) is 15.6 Å². The van der Waals surface area contributed by atoms with Gasteiger partial charge in [-0.15, -0.1) is 0 Å². The summed E-state index contributed by atoms with van der Waals surface area (Å²) in [4.78, 5) is 2.55. The molecule has 1 heterocycles. The summed E-state index contributed by atoms with van der Waals surface area (Å²) in [5, 5.41) is 0. The van der Waals surface area contributed by atoms with E-state index in [1.54, 1.807) is 12.1 Å². The van der Waals surface area contributed by atoms with Gasteiger partial charge in [-0.3, -0.25) is 0 Å². The van der Waals surface area contributed by atoms with Gasteiger partial charge in [0, 0.05) is 0 Å². The predicted octanol–water partition coefficient (Wildman–Crippen LogP) is 3.95. The van der Waals surface area contributed by atoms with E-state index in [9.17, 15) is 30.0 Å². The van der Waals surface area contributed by atoms with Crippen LogP contribution in [0.4, 0.5) is 13.2 Å². The third kappa shape index (κ3) is 4.41. The second-order valence-electron chi connectivity index (χ2n) is 6.34. The standard InChI is InChI=1S/C19H13F3NO6S3/c20-19(21,22)31(24,25)23-32(26,27)29-13-9-11-14(12-10-13)30-17-7-3-1-5-15(17)28-16-6-2-4-8-18(16)30/h1-12,23H/q+1. The summed E-state index contributed by atoms with van der Waals surface area (Å²) in [6.07, 6.45) is 0. The monoisotopic (exact) mass is 504 g/mol. The average molecular weight is 505 g/mol. The second-order valence-corrected chi connectivity index (χ2v) is 11.5.